The number of hydrogen-bond acceptors (Lipinski definition) is 3. The van der Waals surface area contributed by atoms with Crippen molar-refractivity contribution in [3.8, 4) is 17.1 Å². The summed E-state index contributed by atoms with van der Waals surface area (Å²) < 4.78 is 11.4. The molecule has 2 aromatic carbocycles. The highest BCUT2D eigenvalue weighted by molar-refractivity contribution is 7.71. The Morgan fingerprint density at radius 1 is 1.00 bits per heavy atom. The number of hydrogen-bond donors (Lipinski definition) is 0. The Morgan fingerprint density at radius 2 is 1.74 bits per heavy atom. The normalized spacial score (nSPS) is 10.6. The van der Waals surface area contributed by atoms with E-state index in [0.717, 1.165) is 27.8 Å². The van der Waals surface area contributed by atoms with Crippen molar-refractivity contribution in [1.82, 2.24) is 0 Å². The van der Waals surface area contributed by atoms with Gasteiger partial charge in [0.25, 0.3) is 0 Å². The molecular weight excluding hydrogens is 256 g/mol. The fourth-order valence-electron chi connectivity index (χ4n) is 2.03. The van der Waals surface area contributed by atoms with E-state index in [4.69, 9.17) is 21.4 Å². The minimum Gasteiger partial charge on any atom is -0.497 e. The van der Waals surface area contributed by atoms with Crippen molar-refractivity contribution in [2.75, 3.05) is 7.11 Å². The summed E-state index contributed by atoms with van der Waals surface area (Å²) in [6.45, 7) is 0. The van der Waals surface area contributed by atoms with Crippen LogP contribution in [0.1, 0.15) is 0 Å². The Morgan fingerprint density at radius 3 is 2.47 bits per heavy atom. The Bertz CT molecular complexity index is 773. The first kappa shape index (κ1) is 11.9. The van der Waals surface area contributed by atoms with Gasteiger partial charge in [0.05, 0.1) is 7.11 Å². The van der Waals surface area contributed by atoms with Crippen molar-refractivity contribution in [3.05, 3.63) is 59.3 Å². The lowest BCUT2D eigenvalue weighted by molar-refractivity contribution is 0.415. The molecule has 0 spiro atoms. The van der Waals surface area contributed by atoms with Crippen LogP contribution in [0.25, 0.3) is 22.1 Å². The minimum absolute atomic E-state index is 0.518. The molecule has 0 bridgehead atoms. The zero-order valence-electron chi connectivity index (χ0n) is 10.4. The van der Waals surface area contributed by atoms with Gasteiger partial charge in [-0.05, 0) is 54.0 Å². The van der Waals surface area contributed by atoms with Gasteiger partial charge in [-0.2, -0.15) is 0 Å². The van der Waals surface area contributed by atoms with E-state index in [9.17, 15) is 0 Å². The first-order chi connectivity index (χ1) is 9.28. The molecular formula is C16H12O2S. The molecule has 0 unspecified atom stereocenters. The van der Waals surface area contributed by atoms with Crippen LogP contribution in [0.15, 0.2) is 59.0 Å². The zero-order chi connectivity index (χ0) is 13.2. The molecule has 0 fully saturated rings. The summed E-state index contributed by atoms with van der Waals surface area (Å²) >= 11 is 5.30. The van der Waals surface area contributed by atoms with Crippen LogP contribution in [-0.4, -0.2) is 7.11 Å². The quantitative estimate of drug-likeness (QED) is 0.621. The second-order valence-electron chi connectivity index (χ2n) is 4.21. The molecule has 2 nitrogen and oxygen atoms in total. The van der Waals surface area contributed by atoms with Crippen LogP contribution >= 0.6 is 12.2 Å². The summed E-state index contributed by atoms with van der Waals surface area (Å²) in [6, 6.07) is 17.7. The van der Waals surface area contributed by atoms with Gasteiger partial charge in [0.15, 0.2) is 4.71 Å². The molecule has 19 heavy (non-hydrogen) atoms. The van der Waals surface area contributed by atoms with Crippen molar-refractivity contribution in [2.24, 2.45) is 0 Å². The first-order valence-corrected chi connectivity index (χ1v) is 6.36. The molecule has 0 N–H and O–H groups in total. The molecule has 1 aromatic heterocycles. The predicted molar refractivity (Wildman–Crippen MR) is 79.0 cm³/mol. The van der Waals surface area contributed by atoms with E-state index in [1.54, 1.807) is 7.11 Å². The molecule has 94 valence electrons. The molecule has 3 heteroatoms. The second kappa shape index (κ2) is 4.86. The Balaban J connectivity index is 2.16. The third kappa shape index (κ3) is 2.25. The number of benzene rings is 2. The number of ether oxygens (including phenoxy) is 1. The molecule has 0 amide bonds. The number of rotatable bonds is 2. The van der Waals surface area contributed by atoms with E-state index in [1.807, 2.05) is 54.6 Å². The Hall–Kier alpha value is -2.13. The van der Waals surface area contributed by atoms with Crippen molar-refractivity contribution in [1.29, 1.82) is 0 Å². The summed E-state index contributed by atoms with van der Waals surface area (Å²) in [4.78, 5) is 0. The summed E-state index contributed by atoms with van der Waals surface area (Å²) in [5.74, 6) is 1.59. The Labute approximate surface area is 116 Å². The van der Waals surface area contributed by atoms with Crippen LogP contribution in [0.4, 0.5) is 0 Å². The maximum Gasteiger partial charge on any atom is 0.198 e. The summed E-state index contributed by atoms with van der Waals surface area (Å²) in [7, 11) is 1.65. The maximum absolute atomic E-state index is 5.72. The third-order valence-corrected chi connectivity index (χ3v) is 3.35. The first-order valence-electron chi connectivity index (χ1n) is 5.95. The highest BCUT2D eigenvalue weighted by Crippen LogP contribution is 2.27. The second-order valence-corrected chi connectivity index (χ2v) is 4.58. The summed E-state index contributed by atoms with van der Waals surface area (Å²) in [5, 5.41) is 2.05. The minimum atomic E-state index is 0.518. The average Bonchev–Trinajstić information content (AvgIpc) is 2.47. The zero-order valence-corrected chi connectivity index (χ0v) is 11.2. The summed E-state index contributed by atoms with van der Waals surface area (Å²) in [6.07, 6.45) is 0. The topological polar surface area (TPSA) is 22.4 Å². The van der Waals surface area contributed by atoms with Gasteiger partial charge < -0.3 is 9.15 Å². The van der Waals surface area contributed by atoms with Crippen LogP contribution < -0.4 is 4.74 Å². The van der Waals surface area contributed by atoms with E-state index in [-0.39, 0.29) is 0 Å². The van der Waals surface area contributed by atoms with Crippen LogP contribution in [0, 0.1) is 4.71 Å². The molecule has 3 aromatic rings. The number of fused-ring (bicyclic) bond motifs is 1. The van der Waals surface area contributed by atoms with Crippen molar-refractivity contribution < 1.29 is 9.15 Å². The van der Waals surface area contributed by atoms with Gasteiger partial charge in [-0.25, -0.2) is 0 Å². The lowest BCUT2D eigenvalue weighted by Gasteiger charge is -2.05. The van der Waals surface area contributed by atoms with Gasteiger partial charge in [0.2, 0.25) is 0 Å². The van der Waals surface area contributed by atoms with E-state index >= 15 is 0 Å². The highest BCUT2D eigenvalue weighted by Gasteiger charge is 2.04. The van der Waals surface area contributed by atoms with E-state index in [2.05, 4.69) is 0 Å². The molecule has 0 radical (unpaired) electrons. The van der Waals surface area contributed by atoms with Gasteiger partial charge in [-0.15, -0.1) is 0 Å². The SMILES string of the molecule is COc1ccc(-c2cc3ccccc3c(=S)o2)cc1. The molecule has 0 aliphatic carbocycles. The number of methoxy groups -OCH3 is 1. The predicted octanol–water partition coefficient (Wildman–Crippen LogP) is 4.84. The van der Waals surface area contributed by atoms with Gasteiger partial charge in [0.1, 0.15) is 11.5 Å². The van der Waals surface area contributed by atoms with Crippen molar-refractivity contribution in [3.63, 3.8) is 0 Å². The fourth-order valence-corrected chi connectivity index (χ4v) is 2.31. The molecule has 3 rings (SSSR count). The summed E-state index contributed by atoms with van der Waals surface area (Å²) in [5.41, 5.74) is 0.984. The largest absolute Gasteiger partial charge is 0.497 e. The van der Waals surface area contributed by atoms with Crippen LogP contribution in [0.2, 0.25) is 0 Å². The smallest absolute Gasteiger partial charge is 0.198 e. The van der Waals surface area contributed by atoms with E-state index < -0.39 is 0 Å². The monoisotopic (exact) mass is 268 g/mol. The van der Waals surface area contributed by atoms with Crippen LogP contribution in [0.3, 0.4) is 0 Å². The lowest BCUT2D eigenvalue weighted by atomic mass is 10.1. The van der Waals surface area contributed by atoms with E-state index in [0.29, 0.717) is 4.71 Å². The van der Waals surface area contributed by atoms with Gasteiger partial charge >= 0.3 is 0 Å². The molecule has 0 saturated heterocycles. The van der Waals surface area contributed by atoms with E-state index in [1.165, 1.54) is 0 Å². The maximum atomic E-state index is 5.72. The standard InChI is InChI=1S/C16H12O2S/c1-17-13-8-6-11(7-9-13)15-10-12-4-2-3-5-14(12)16(19)18-15/h2-10H,1H3. The van der Waals surface area contributed by atoms with Gasteiger partial charge in [-0.1, -0.05) is 18.2 Å². The molecule has 0 aliphatic heterocycles. The molecule has 0 saturated carbocycles. The molecule has 0 atom stereocenters. The molecule has 0 aliphatic rings. The van der Waals surface area contributed by atoms with Crippen LogP contribution in [-0.2, 0) is 0 Å². The van der Waals surface area contributed by atoms with Crippen molar-refractivity contribution >= 4 is 23.0 Å². The Kier molecular flexibility index (Phi) is 3.05. The fraction of sp³-hybridized carbons (Fsp3) is 0.0625. The average molecular weight is 268 g/mol. The lowest BCUT2D eigenvalue weighted by Crippen LogP contribution is -1.83. The van der Waals surface area contributed by atoms with Crippen LogP contribution in [0.5, 0.6) is 5.75 Å². The van der Waals surface area contributed by atoms with Gasteiger partial charge in [0, 0.05) is 10.9 Å². The van der Waals surface area contributed by atoms with Crippen molar-refractivity contribution in [2.45, 2.75) is 0 Å². The van der Waals surface area contributed by atoms with Gasteiger partial charge in [-0.3, -0.25) is 0 Å². The third-order valence-electron chi connectivity index (χ3n) is 3.04. The molecule has 1 heterocycles. The highest BCUT2D eigenvalue weighted by atomic mass is 32.1.